The Morgan fingerprint density at radius 1 is 1.35 bits per heavy atom. The van der Waals surface area contributed by atoms with Gasteiger partial charge in [0.15, 0.2) is 10.8 Å². The van der Waals surface area contributed by atoms with Crippen molar-refractivity contribution in [1.82, 2.24) is 9.38 Å². The number of fused-ring (bicyclic) bond motifs is 1. The predicted molar refractivity (Wildman–Crippen MR) is 84.2 cm³/mol. The minimum atomic E-state index is 0.491. The van der Waals surface area contributed by atoms with Crippen molar-refractivity contribution in [2.45, 2.75) is 20.0 Å². The standard InChI is InChI=1S/C15H18N4S/c1-11-5-3-4-6-12(11)10-18(2)14-13(9-16)19-7-8-20-15(19)17-14/h3-8H,9-10,16H2,1-2H3. The van der Waals surface area contributed by atoms with Crippen LogP contribution in [0.5, 0.6) is 0 Å². The van der Waals surface area contributed by atoms with E-state index in [1.165, 1.54) is 11.1 Å². The summed E-state index contributed by atoms with van der Waals surface area (Å²) in [6, 6.07) is 8.44. The van der Waals surface area contributed by atoms with E-state index in [9.17, 15) is 0 Å². The Bertz CT molecular complexity index is 728. The van der Waals surface area contributed by atoms with Gasteiger partial charge in [-0.2, -0.15) is 0 Å². The molecule has 0 aliphatic heterocycles. The van der Waals surface area contributed by atoms with Crippen LogP contribution in [0.1, 0.15) is 16.8 Å². The van der Waals surface area contributed by atoms with E-state index in [0.717, 1.165) is 23.0 Å². The molecule has 5 heteroatoms. The second kappa shape index (κ2) is 5.26. The lowest BCUT2D eigenvalue weighted by Gasteiger charge is -2.19. The molecule has 0 spiro atoms. The molecule has 0 aliphatic rings. The van der Waals surface area contributed by atoms with Crippen molar-refractivity contribution in [3.05, 3.63) is 52.7 Å². The van der Waals surface area contributed by atoms with Gasteiger partial charge in [0.05, 0.1) is 5.69 Å². The van der Waals surface area contributed by atoms with Gasteiger partial charge < -0.3 is 10.6 Å². The summed E-state index contributed by atoms with van der Waals surface area (Å²) in [4.78, 5) is 7.86. The van der Waals surface area contributed by atoms with Crippen molar-refractivity contribution >= 4 is 22.1 Å². The highest BCUT2D eigenvalue weighted by atomic mass is 32.1. The highest BCUT2D eigenvalue weighted by Crippen LogP contribution is 2.25. The number of benzene rings is 1. The van der Waals surface area contributed by atoms with Gasteiger partial charge in [0.2, 0.25) is 0 Å². The highest BCUT2D eigenvalue weighted by Gasteiger charge is 2.15. The molecule has 3 rings (SSSR count). The van der Waals surface area contributed by atoms with E-state index >= 15 is 0 Å². The Hall–Kier alpha value is -1.85. The maximum absolute atomic E-state index is 5.90. The molecule has 0 radical (unpaired) electrons. The average molecular weight is 286 g/mol. The Morgan fingerprint density at radius 3 is 2.90 bits per heavy atom. The molecule has 0 fully saturated rings. The monoisotopic (exact) mass is 286 g/mol. The molecule has 2 heterocycles. The molecule has 104 valence electrons. The Labute approximate surface area is 122 Å². The van der Waals surface area contributed by atoms with Gasteiger partial charge in [-0.1, -0.05) is 24.3 Å². The second-order valence-electron chi connectivity index (χ2n) is 4.92. The lowest BCUT2D eigenvalue weighted by molar-refractivity contribution is 0.869. The molecule has 0 saturated carbocycles. The topological polar surface area (TPSA) is 46.6 Å². The number of rotatable bonds is 4. The summed E-state index contributed by atoms with van der Waals surface area (Å²) in [6.45, 7) is 3.47. The van der Waals surface area contributed by atoms with Crippen molar-refractivity contribution < 1.29 is 0 Å². The Balaban J connectivity index is 1.94. The van der Waals surface area contributed by atoms with Crippen LogP contribution in [-0.4, -0.2) is 16.4 Å². The lowest BCUT2D eigenvalue weighted by Crippen LogP contribution is -2.20. The molecular formula is C15H18N4S. The summed E-state index contributed by atoms with van der Waals surface area (Å²) in [5.74, 6) is 0.975. The fraction of sp³-hybridized carbons (Fsp3) is 0.267. The highest BCUT2D eigenvalue weighted by molar-refractivity contribution is 7.15. The molecule has 0 aliphatic carbocycles. The van der Waals surface area contributed by atoms with Gasteiger partial charge in [0.1, 0.15) is 0 Å². The SMILES string of the molecule is Cc1ccccc1CN(C)c1nc2sccn2c1CN. The maximum atomic E-state index is 5.90. The smallest absolute Gasteiger partial charge is 0.195 e. The molecular weight excluding hydrogens is 268 g/mol. The van der Waals surface area contributed by atoms with Gasteiger partial charge in [0.25, 0.3) is 0 Å². The van der Waals surface area contributed by atoms with Crippen LogP contribution < -0.4 is 10.6 Å². The van der Waals surface area contributed by atoms with Crippen LogP contribution in [0, 0.1) is 6.92 Å². The number of nitrogens with two attached hydrogens (primary N) is 1. The van der Waals surface area contributed by atoms with E-state index in [-0.39, 0.29) is 0 Å². The molecule has 0 atom stereocenters. The van der Waals surface area contributed by atoms with E-state index in [1.807, 2.05) is 11.6 Å². The summed E-state index contributed by atoms with van der Waals surface area (Å²) in [6.07, 6.45) is 2.03. The van der Waals surface area contributed by atoms with E-state index in [4.69, 9.17) is 10.7 Å². The number of anilines is 1. The number of aryl methyl sites for hydroxylation is 1. The van der Waals surface area contributed by atoms with Gasteiger partial charge >= 0.3 is 0 Å². The zero-order valence-electron chi connectivity index (χ0n) is 11.7. The first-order valence-corrected chi connectivity index (χ1v) is 7.49. The third kappa shape index (κ3) is 2.19. The van der Waals surface area contributed by atoms with Crippen molar-refractivity contribution in [3.63, 3.8) is 0 Å². The molecule has 1 aromatic carbocycles. The van der Waals surface area contributed by atoms with Gasteiger partial charge in [-0.05, 0) is 18.1 Å². The molecule has 0 amide bonds. The van der Waals surface area contributed by atoms with E-state index < -0.39 is 0 Å². The third-order valence-electron chi connectivity index (χ3n) is 3.56. The first kappa shape index (κ1) is 13.1. The van der Waals surface area contributed by atoms with Gasteiger partial charge in [-0.3, -0.25) is 4.40 Å². The zero-order chi connectivity index (χ0) is 14.1. The average Bonchev–Trinajstić information content (AvgIpc) is 3.01. The van der Waals surface area contributed by atoms with Crippen LogP contribution >= 0.6 is 11.3 Å². The summed E-state index contributed by atoms with van der Waals surface area (Å²) in [5.41, 5.74) is 9.58. The normalized spacial score (nSPS) is 11.2. The molecule has 0 unspecified atom stereocenters. The molecule has 20 heavy (non-hydrogen) atoms. The van der Waals surface area contributed by atoms with Crippen LogP contribution in [0.2, 0.25) is 0 Å². The fourth-order valence-corrected chi connectivity index (χ4v) is 3.16. The third-order valence-corrected chi connectivity index (χ3v) is 4.32. The number of hydrogen-bond donors (Lipinski definition) is 1. The minimum Gasteiger partial charge on any atom is -0.354 e. The van der Waals surface area contributed by atoms with E-state index in [1.54, 1.807) is 11.3 Å². The minimum absolute atomic E-state index is 0.491. The molecule has 2 N–H and O–H groups in total. The zero-order valence-corrected chi connectivity index (χ0v) is 12.5. The van der Waals surface area contributed by atoms with Crippen molar-refractivity contribution in [1.29, 1.82) is 0 Å². The van der Waals surface area contributed by atoms with E-state index in [0.29, 0.717) is 6.54 Å². The number of nitrogens with zero attached hydrogens (tertiary/aromatic N) is 3. The van der Waals surface area contributed by atoms with Crippen molar-refractivity contribution in [2.24, 2.45) is 5.73 Å². The van der Waals surface area contributed by atoms with E-state index in [2.05, 4.69) is 47.5 Å². The number of imidazole rings is 1. The molecule has 0 bridgehead atoms. The molecule has 0 saturated heterocycles. The Morgan fingerprint density at radius 2 is 2.15 bits per heavy atom. The van der Waals surface area contributed by atoms with Crippen LogP contribution in [0.4, 0.5) is 5.82 Å². The predicted octanol–water partition coefficient (Wildman–Crippen LogP) is 2.80. The summed E-state index contributed by atoms with van der Waals surface area (Å²) in [7, 11) is 2.07. The summed E-state index contributed by atoms with van der Waals surface area (Å²) < 4.78 is 2.08. The molecule has 4 nitrogen and oxygen atoms in total. The lowest BCUT2D eigenvalue weighted by atomic mass is 10.1. The summed E-state index contributed by atoms with van der Waals surface area (Å²) in [5, 5.41) is 2.03. The molecule has 2 aromatic heterocycles. The number of aromatic nitrogens is 2. The number of thiazole rings is 1. The number of hydrogen-bond acceptors (Lipinski definition) is 4. The quantitative estimate of drug-likeness (QED) is 0.802. The van der Waals surface area contributed by atoms with Crippen LogP contribution in [-0.2, 0) is 13.1 Å². The van der Waals surface area contributed by atoms with Crippen molar-refractivity contribution in [3.8, 4) is 0 Å². The van der Waals surface area contributed by atoms with Crippen LogP contribution in [0.25, 0.3) is 4.96 Å². The van der Waals surface area contributed by atoms with Gasteiger partial charge in [0, 0.05) is 31.7 Å². The molecule has 3 aromatic rings. The van der Waals surface area contributed by atoms with Gasteiger partial charge in [-0.15, -0.1) is 11.3 Å². The Kier molecular flexibility index (Phi) is 3.46. The first-order valence-electron chi connectivity index (χ1n) is 6.61. The second-order valence-corrected chi connectivity index (χ2v) is 5.80. The van der Waals surface area contributed by atoms with Gasteiger partial charge in [-0.25, -0.2) is 4.98 Å². The van der Waals surface area contributed by atoms with Crippen molar-refractivity contribution in [2.75, 3.05) is 11.9 Å². The van der Waals surface area contributed by atoms with Crippen LogP contribution in [0.3, 0.4) is 0 Å². The van der Waals surface area contributed by atoms with Crippen LogP contribution in [0.15, 0.2) is 35.8 Å². The maximum Gasteiger partial charge on any atom is 0.195 e. The summed E-state index contributed by atoms with van der Waals surface area (Å²) >= 11 is 1.63. The largest absolute Gasteiger partial charge is 0.354 e. The fourth-order valence-electron chi connectivity index (χ4n) is 2.43. The first-order chi connectivity index (χ1) is 9.70.